The topological polar surface area (TPSA) is 16.4 Å². The van der Waals surface area contributed by atoms with Gasteiger partial charge in [0.1, 0.15) is 11.2 Å². The zero-order chi connectivity index (χ0) is 38.4. The van der Waals surface area contributed by atoms with E-state index in [1.807, 2.05) is 12.1 Å². The Bertz CT molecular complexity index is 3250. The number of anilines is 3. The fraction of sp³-hybridized carbons (Fsp3) is 0. The lowest BCUT2D eigenvalue weighted by atomic mass is 9.96. The Morgan fingerprint density at radius 2 is 0.828 bits per heavy atom. The lowest BCUT2D eigenvalue weighted by Gasteiger charge is -2.28. The molecule has 272 valence electrons. The van der Waals surface area contributed by atoms with Crippen molar-refractivity contribution in [2.24, 2.45) is 0 Å². The van der Waals surface area contributed by atoms with Crippen molar-refractivity contribution in [3.05, 3.63) is 224 Å². The maximum absolute atomic E-state index is 6.41. The van der Waals surface area contributed by atoms with Crippen molar-refractivity contribution >= 4 is 60.5 Å². The minimum absolute atomic E-state index is 0.914. The zero-order valence-corrected chi connectivity index (χ0v) is 31.7. The van der Waals surface area contributed by atoms with E-state index in [1.165, 1.54) is 44.2 Å². The first-order valence-corrected chi connectivity index (χ1v) is 19.8. The molecule has 0 aliphatic rings. The number of furan rings is 1. The third-order valence-electron chi connectivity index (χ3n) is 11.5. The predicted molar refractivity (Wildman–Crippen MR) is 245 cm³/mol. The maximum atomic E-state index is 6.41. The van der Waals surface area contributed by atoms with Gasteiger partial charge in [0, 0.05) is 33.1 Å². The van der Waals surface area contributed by atoms with Gasteiger partial charge >= 0.3 is 0 Å². The highest BCUT2D eigenvalue weighted by Gasteiger charge is 2.19. The van der Waals surface area contributed by atoms with Gasteiger partial charge < -0.3 is 9.32 Å². The second kappa shape index (κ2) is 14.1. The van der Waals surface area contributed by atoms with Crippen LogP contribution in [0.4, 0.5) is 17.1 Å². The van der Waals surface area contributed by atoms with Crippen molar-refractivity contribution < 1.29 is 4.42 Å². The third-order valence-corrected chi connectivity index (χ3v) is 11.5. The molecule has 0 atom stereocenters. The van der Waals surface area contributed by atoms with Crippen molar-refractivity contribution in [3.8, 4) is 44.5 Å². The van der Waals surface area contributed by atoms with Crippen LogP contribution < -0.4 is 4.90 Å². The predicted octanol–water partition coefficient (Wildman–Crippen LogP) is 16.0. The average Bonchev–Trinajstić information content (AvgIpc) is 3.69. The second-order valence-corrected chi connectivity index (χ2v) is 14.9. The highest BCUT2D eigenvalue weighted by atomic mass is 16.3. The van der Waals surface area contributed by atoms with E-state index < -0.39 is 0 Å². The molecule has 0 spiro atoms. The highest BCUT2D eigenvalue weighted by molar-refractivity contribution is 6.15. The van der Waals surface area contributed by atoms with Gasteiger partial charge in [-0.15, -0.1) is 0 Å². The standard InChI is InChI=1S/C56H37NO/c1-2-11-38(12-3-1)39-21-23-40(24-22-39)41-25-31-46(32-26-41)57(47-33-27-43(28-34-47)49-18-10-14-42-13-4-5-15-48(42)49)54-19-8-6-16-50(54)44-29-35-51-45(37-44)30-36-53-52-17-7-9-20-55(52)58-56(51)53/h1-37H. The number of fused-ring (bicyclic) bond motifs is 6. The Hall–Kier alpha value is -7.68. The molecule has 0 N–H and O–H groups in total. The first kappa shape index (κ1) is 33.6. The molecule has 0 bridgehead atoms. The number of hydrogen-bond acceptors (Lipinski definition) is 2. The number of benzene rings is 10. The van der Waals surface area contributed by atoms with Crippen molar-refractivity contribution in [1.82, 2.24) is 0 Å². The van der Waals surface area contributed by atoms with Gasteiger partial charge in [-0.05, 0) is 110 Å². The molecule has 0 aliphatic carbocycles. The van der Waals surface area contributed by atoms with E-state index in [0.29, 0.717) is 0 Å². The van der Waals surface area contributed by atoms with Crippen LogP contribution in [0.3, 0.4) is 0 Å². The molecule has 2 heteroatoms. The Morgan fingerprint density at radius 3 is 1.59 bits per heavy atom. The minimum atomic E-state index is 0.914. The van der Waals surface area contributed by atoms with E-state index in [-0.39, 0.29) is 0 Å². The molecule has 1 aromatic heterocycles. The summed E-state index contributed by atoms with van der Waals surface area (Å²) in [7, 11) is 0. The summed E-state index contributed by atoms with van der Waals surface area (Å²) in [4.78, 5) is 2.39. The molecular formula is C56H37NO. The Kier molecular flexibility index (Phi) is 8.19. The summed E-state index contributed by atoms with van der Waals surface area (Å²) in [6.07, 6.45) is 0. The SMILES string of the molecule is c1ccc(-c2ccc(-c3ccc(N(c4ccc(-c5cccc6ccccc56)cc4)c4ccccc4-c4ccc5c(ccc6c7ccccc7oc56)c4)cc3)cc2)cc1. The molecular weight excluding hydrogens is 703 g/mol. The summed E-state index contributed by atoms with van der Waals surface area (Å²) in [5, 5.41) is 7.04. The summed E-state index contributed by atoms with van der Waals surface area (Å²) in [5.74, 6) is 0. The molecule has 58 heavy (non-hydrogen) atoms. The normalized spacial score (nSPS) is 11.4. The summed E-state index contributed by atoms with van der Waals surface area (Å²) in [6, 6.07) is 80.7. The van der Waals surface area contributed by atoms with Crippen molar-refractivity contribution in [2.75, 3.05) is 4.90 Å². The summed E-state index contributed by atoms with van der Waals surface area (Å²) in [6.45, 7) is 0. The van der Waals surface area contributed by atoms with Gasteiger partial charge in [0.25, 0.3) is 0 Å². The molecule has 10 aromatic carbocycles. The van der Waals surface area contributed by atoms with Gasteiger partial charge in [-0.25, -0.2) is 0 Å². The van der Waals surface area contributed by atoms with Crippen LogP contribution in [0, 0.1) is 0 Å². The van der Waals surface area contributed by atoms with Crippen LogP contribution in [0.2, 0.25) is 0 Å². The smallest absolute Gasteiger partial charge is 0.143 e. The van der Waals surface area contributed by atoms with Crippen LogP contribution in [-0.4, -0.2) is 0 Å². The van der Waals surface area contributed by atoms with Crippen molar-refractivity contribution in [3.63, 3.8) is 0 Å². The van der Waals surface area contributed by atoms with Gasteiger partial charge in [-0.1, -0.05) is 170 Å². The molecule has 2 nitrogen and oxygen atoms in total. The fourth-order valence-electron chi connectivity index (χ4n) is 8.57. The summed E-state index contributed by atoms with van der Waals surface area (Å²) in [5.41, 5.74) is 14.6. The van der Waals surface area contributed by atoms with Gasteiger partial charge in [-0.3, -0.25) is 0 Å². The molecule has 0 radical (unpaired) electrons. The van der Waals surface area contributed by atoms with Crippen molar-refractivity contribution in [1.29, 1.82) is 0 Å². The third kappa shape index (κ3) is 5.91. The van der Waals surface area contributed by atoms with Gasteiger partial charge in [0.05, 0.1) is 5.69 Å². The van der Waals surface area contributed by atoms with Gasteiger partial charge in [-0.2, -0.15) is 0 Å². The molecule has 11 rings (SSSR count). The summed E-state index contributed by atoms with van der Waals surface area (Å²) >= 11 is 0. The van der Waals surface area contributed by atoms with E-state index in [1.54, 1.807) is 0 Å². The van der Waals surface area contributed by atoms with Crippen LogP contribution >= 0.6 is 0 Å². The van der Waals surface area contributed by atoms with Crippen molar-refractivity contribution in [2.45, 2.75) is 0 Å². The van der Waals surface area contributed by atoms with E-state index >= 15 is 0 Å². The number of hydrogen-bond donors (Lipinski definition) is 0. The number of rotatable bonds is 7. The largest absolute Gasteiger partial charge is 0.455 e. The molecule has 1 heterocycles. The fourth-order valence-corrected chi connectivity index (χ4v) is 8.57. The number of para-hydroxylation sites is 2. The molecule has 0 amide bonds. The lowest BCUT2D eigenvalue weighted by molar-refractivity contribution is 0.672. The van der Waals surface area contributed by atoms with Crippen LogP contribution in [-0.2, 0) is 0 Å². The molecule has 0 saturated carbocycles. The first-order valence-electron chi connectivity index (χ1n) is 19.8. The average molecular weight is 740 g/mol. The first-order chi connectivity index (χ1) is 28.7. The van der Waals surface area contributed by atoms with Crippen LogP contribution in [0.25, 0.3) is 88.0 Å². The second-order valence-electron chi connectivity index (χ2n) is 14.9. The lowest BCUT2D eigenvalue weighted by Crippen LogP contribution is -2.11. The van der Waals surface area contributed by atoms with Gasteiger partial charge in [0.15, 0.2) is 0 Å². The molecule has 11 aromatic rings. The van der Waals surface area contributed by atoms with Gasteiger partial charge in [0.2, 0.25) is 0 Å². The molecule has 0 aliphatic heterocycles. The zero-order valence-electron chi connectivity index (χ0n) is 31.7. The maximum Gasteiger partial charge on any atom is 0.143 e. The summed E-state index contributed by atoms with van der Waals surface area (Å²) < 4.78 is 6.41. The Morgan fingerprint density at radius 1 is 0.293 bits per heavy atom. The monoisotopic (exact) mass is 739 g/mol. The van der Waals surface area contributed by atoms with Crippen LogP contribution in [0.5, 0.6) is 0 Å². The molecule has 0 saturated heterocycles. The molecule has 0 fully saturated rings. The minimum Gasteiger partial charge on any atom is -0.455 e. The Labute approximate surface area is 337 Å². The molecule has 0 unspecified atom stereocenters. The van der Waals surface area contributed by atoms with E-state index in [9.17, 15) is 0 Å². The van der Waals surface area contributed by atoms with E-state index in [4.69, 9.17) is 4.42 Å². The van der Waals surface area contributed by atoms with E-state index in [0.717, 1.165) is 60.9 Å². The van der Waals surface area contributed by atoms with Crippen LogP contribution in [0.15, 0.2) is 229 Å². The van der Waals surface area contributed by atoms with Crippen LogP contribution in [0.1, 0.15) is 0 Å². The Balaban J connectivity index is 1.01. The number of nitrogens with zero attached hydrogens (tertiary/aromatic N) is 1. The quantitative estimate of drug-likeness (QED) is 0.162. The highest BCUT2D eigenvalue weighted by Crippen LogP contribution is 2.44. The van der Waals surface area contributed by atoms with E-state index in [2.05, 4.69) is 217 Å².